The fourth-order valence-electron chi connectivity index (χ4n) is 1.70. The lowest BCUT2D eigenvalue weighted by Crippen LogP contribution is -2.63. The van der Waals surface area contributed by atoms with Crippen LogP contribution in [-0.2, 0) is 4.79 Å². The van der Waals surface area contributed by atoms with E-state index in [4.69, 9.17) is 0 Å². The Hall–Kier alpha value is -1.14. The van der Waals surface area contributed by atoms with Gasteiger partial charge < -0.3 is 10.4 Å². The molecular formula is C10H19N3O3. The summed E-state index contributed by atoms with van der Waals surface area (Å²) in [6.07, 6.45) is 0.682. The third kappa shape index (κ3) is 3.46. The number of hydrogen-bond donors (Lipinski definition) is 3. The largest absolute Gasteiger partial charge is 0.387 e. The number of urea groups is 1. The molecule has 16 heavy (non-hydrogen) atoms. The Morgan fingerprint density at radius 1 is 1.38 bits per heavy atom. The number of amides is 3. The quantitative estimate of drug-likeness (QED) is 0.595. The van der Waals surface area contributed by atoms with E-state index in [0.717, 1.165) is 0 Å². The minimum absolute atomic E-state index is 0.152. The number of nitrogens with zero attached hydrogens (tertiary/aromatic N) is 1. The van der Waals surface area contributed by atoms with Crippen molar-refractivity contribution in [2.45, 2.75) is 25.9 Å². The van der Waals surface area contributed by atoms with Gasteiger partial charge in [-0.3, -0.25) is 15.0 Å². The molecule has 0 aliphatic carbocycles. The number of imide groups is 1. The second-order valence-corrected chi connectivity index (χ2v) is 4.13. The van der Waals surface area contributed by atoms with Crippen LogP contribution in [0, 0.1) is 0 Å². The van der Waals surface area contributed by atoms with Gasteiger partial charge in [-0.25, -0.2) is 4.79 Å². The molecule has 1 aliphatic rings. The normalized spacial score (nSPS) is 18.7. The molecule has 0 unspecified atom stereocenters. The van der Waals surface area contributed by atoms with Gasteiger partial charge in [0.25, 0.3) is 0 Å². The summed E-state index contributed by atoms with van der Waals surface area (Å²) < 4.78 is 0. The van der Waals surface area contributed by atoms with Gasteiger partial charge in [0, 0.05) is 19.6 Å². The molecule has 0 atom stereocenters. The number of hydrogen-bond acceptors (Lipinski definition) is 4. The molecule has 0 aromatic heterocycles. The van der Waals surface area contributed by atoms with Crippen molar-refractivity contribution in [2.75, 3.05) is 26.2 Å². The van der Waals surface area contributed by atoms with Gasteiger partial charge in [-0.05, 0) is 13.3 Å². The molecule has 1 fully saturated rings. The van der Waals surface area contributed by atoms with Crippen LogP contribution in [0.1, 0.15) is 20.3 Å². The van der Waals surface area contributed by atoms with E-state index in [9.17, 15) is 14.7 Å². The van der Waals surface area contributed by atoms with Gasteiger partial charge in [0.1, 0.15) is 0 Å². The fourth-order valence-corrected chi connectivity index (χ4v) is 1.70. The average Bonchev–Trinajstić information content (AvgIpc) is 2.15. The zero-order valence-corrected chi connectivity index (χ0v) is 9.75. The minimum Gasteiger partial charge on any atom is -0.387 e. The first-order valence-corrected chi connectivity index (χ1v) is 5.51. The summed E-state index contributed by atoms with van der Waals surface area (Å²) in [5.74, 6) is -0.343. The van der Waals surface area contributed by atoms with Gasteiger partial charge in [0.05, 0.1) is 12.1 Å². The molecule has 0 radical (unpaired) electrons. The topological polar surface area (TPSA) is 81.7 Å². The summed E-state index contributed by atoms with van der Waals surface area (Å²) in [5.41, 5.74) is -0.647. The minimum atomic E-state index is -0.647. The third-order valence-electron chi connectivity index (χ3n) is 2.65. The van der Waals surface area contributed by atoms with Gasteiger partial charge >= 0.3 is 6.03 Å². The van der Waals surface area contributed by atoms with Crippen LogP contribution in [0.25, 0.3) is 0 Å². The van der Waals surface area contributed by atoms with Gasteiger partial charge in [0.2, 0.25) is 5.91 Å². The molecule has 1 rings (SSSR count). The van der Waals surface area contributed by atoms with Gasteiger partial charge in [-0.15, -0.1) is 0 Å². The van der Waals surface area contributed by atoms with E-state index >= 15 is 0 Å². The summed E-state index contributed by atoms with van der Waals surface area (Å²) in [6.45, 7) is 5.31. The lowest BCUT2D eigenvalue weighted by atomic mass is 9.91. The smallest absolute Gasteiger partial charge is 0.321 e. The molecule has 0 aromatic carbocycles. The number of β-amino-alcohol motifs (C(OH)–C–C–N with tert-alkyl or cyclic N) is 1. The Morgan fingerprint density at radius 2 is 2.00 bits per heavy atom. The third-order valence-corrected chi connectivity index (χ3v) is 2.65. The van der Waals surface area contributed by atoms with Crippen LogP contribution < -0.4 is 10.6 Å². The highest BCUT2D eigenvalue weighted by Gasteiger charge is 2.39. The SMILES string of the molecule is CCNC(=O)NC(=O)CN1CC(O)(CC)C1. The number of aliphatic hydroxyl groups is 1. The molecule has 1 saturated heterocycles. The monoisotopic (exact) mass is 229 g/mol. The van der Waals surface area contributed by atoms with Crippen LogP contribution in [0.4, 0.5) is 4.79 Å². The predicted octanol–water partition coefficient (Wildman–Crippen LogP) is -0.711. The molecule has 0 saturated carbocycles. The molecule has 0 aromatic rings. The zero-order valence-electron chi connectivity index (χ0n) is 9.75. The van der Waals surface area contributed by atoms with Gasteiger partial charge in [-0.1, -0.05) is 6.92 Å². The first kappa shape index (κ1) is 12.9. The lowest BCUT2D eigenvalue weighted by molar-refractivity contribution is -0.131. The Morgan fingerprint density at radius 3 is 2.50 bits per heavy atom. The van der Waals surface area contributed by atoms with E-state index < -0.39 is 11.6 Å². The van der Waals surface area contributed by atoms with Crippen molar-refractivity contribution >= 4 is 11.9 Å². The van der Waals surface area contributed by atoms with Crippen LogP contribution in [0.3, 0.4) is 0 Å². The first-order chi connectivity index (χ1) is 7.49. The zero-order chi connectivity index (χ0) is 12.2. The molecule has 3 amide bonds. The van der Waals surface area contributed by atoms with Crippen LogP contribution in [0.2, 0.25) is 0 Å². The maximum atomic E-state index is 11.3. The highest BCUT2D eigenvalue weighted by atomic mass is 16.3. The maximum absolute atomic E-state index is 11.3. The summed E-state index contributed by atoms with van der Waals surface area (Å²) in [7, 11) is 0. The Bertz CT molecular complexity index is 274. The maximum Gasteiger partial charge on any atom is 0.321 e. The van der Waals surface area contributed by atoms with Crippen LogP contribution >= 0.6 is 0 Å². The highest BCUT2D eigenvalue weighted by Crippen LogP contribution is 2.23. The van der Waals surface area contributed by atoms with E-state index in [1.54, 1.807) is 11.8 Å². The van der Waals surface area contributed by atoms with Gasteiger partial charge in [0.15, 0.2) is 0 Å². The van der Waals surface area contributed by atoms with Crippen LogP contribution in [0.15, 0.2) is 0 Å². The molecule has 3 N–H and O–H groups in total. The van der Waals surface area contributed by atoms with Crippen molar-refractivity contribution in [2.24, 2.45) is 0 Å². The van der Waals surface area contributed by atoms with Crippen molar-refractivity contribution in [3.8, 4) is 0 Å². The number of carbonyl (C=O) groups excluding carboxylic acids is 2. The van der Waals surface area contributed by atoms with Gasteiger partial charge in [-0.2, -0.15) is 0 Å². The molecule has 1 aliphatic heterocycles. The summed E-state index contributed by atoms with van der Waals surface area (Å²) in [5, 5.41) is 14.4. The standard InChI is InChI=1S/C10H19N3O3/c1-3-10(16)6-13(7-10)5-8(14)12-9(15)11-4-2/h16H,3-7H2,1-2H3,(H2,11,12,14,15). The number of carbonyl (C=O) groups is 2. The van der Waals surface area contributed by atoms with E-state index in [-0.39, 0.29) is 12.5 Å². The summed E-state index contributed by atoms with van der Waals surface area (Å²) in [4.78, 5) is 24.2. The van der Waals surface area contributed by atoms with Crippen molar-refractivity contribution in [1.82, 2.24) is 15.5 Å². The molecular weight excluding hydrogens is 210 g/mol. The predicted molar refractivity (Wildman–Crippen MR) is 58.9 cm³/mol. The molecule has 0 spiro atoms. The van der Waals surface area contributed by atoms with Crippen LogP contribution in [0.5, 0.6) is 0 Å². The number of nitrogens with one attached hydrogen (secondary N) is 2. The van der Waals surface area contributed by atoms with E-state index in [2.05, 4.69) is 10.6 Å². The van der Waals surface area contributed by atoms with Crippen molar-refractivity contribution in [3.63, 3.8) is 0 Å². The van der Waals surface area contributed by atoms with Crippen molar-refractivity contribution in [1.29, 1.82) is 0 Å². The first-order valence-electron chi connectivity index (χ1n) is 5.51. The molecule has 6 nitrogen and oxygen atoms in total. The number of rotatable bonds is 4. The van der Waals surface area contributed by atoms with Crippen LogP contribution in [-0.4, -0.2) is 53.7 Å². The second-order valence-electron chi connectivity index (χ2n) is 4.13. The highest BCUT2D eigenvalue weighted by molar-refractivity contribution is 5.95. The Labute approximate surface area is 95.0 Å². The van der Waals surface area contributed by atoms with Crippen molar-refractivity contribution in [3.05, 3.63) is 0 Å². The van der Waals surface area contributed by atoms with Crippen molar-refractivity contribution < 1.29 is 14.7 Å². The average molecular weight is 229 g/mol. The fraction of sp³-hybridized carbons (Fsp3) is 0.800. The summed E-state index contributed by atoms with van der Waals surface area (Å²) >= 11 is 0. The Kier molecular flexibility index (Phi) is 4.26. The lowest BCUT2D eigenvalue weighted by Gasteiger charge is -2.45. The Balaban J connectivity index is 2.20. The van der Waals surface area contributed by atoms with E-state index in [1.807, 2.05) is 6.92 Å². The second kappa shape index (κ2) is 5.27. The molecule has 1 heterocycles. The van der Waals surface area contributed by atoms with E-state index in [1.165, 1.54) is 0 Å². The molecule has 0 bridgehead atoms. The summed E-state index contributed by atoms with van der Waals surface area (Å²) in [6, 6.07) is -0.473. The number of likely N-dealkylation sites (tertiary alicyclic amines) is 1. The molecule has 92 valence electrons. The molecule has 6 heteroatoms. The van der Waals surface area contributed by atoms with E-state index in [0.29, 0.717) is 26.1 Å².